The molecule has 0 atom stereocenters. The summed E-state index contributed by atoms with van der Waals surface area (Å²) in [5.41, 5.74) is 0.294. The number of nitrogens with zero attached hydrogens (tertiary/aromatic N) is 1. The van der Waals surface area contributed by atoms with E-state index in [1.165, 1.54) is 44.9 Å². The molecule has 1 N–H and O–H groups in total. The van der Waals surface area contributed by atoms with Crippen LogP contribution < -0.4 is 5.32 Å². The molecule has 0 aromatic carbocycles. The number of anilines is 1. The molecule has 121 valence electrons. The van der Waals surface area contributed by atoms with E-state index in [2.05, 4.69) is 17.2 Å². The van der Waals surface area contributed by atoms with Crippen molar-refractivity contribution in [1.29, 1.82) is 0 Å². The van der Waals surface area contributed by atoms with Gasteiger partial charge >= 0.3 is 0 Å². The van der Waals surface area contributed by atoms with Crippen LogP contribution in [0.15, 0.2) is 18.3 Å². The standard InChI is InChI=1S/C18H27N2O2/c1-2-3-4-5-6-7-8-9-10-13-17(22)20-18-16(15-21)12-11-14-19-18/h11-12,14H,2-10,13H2,1H3,(H,19,20,22). The van der Waals surface area contributed by atoms with Crippen LogP contribution in [0, 0.1) is 0 Å². The van der Waals surface area contributed by atoms with Crippen molar-refractivity contribution < 1.29 is 9.59 Å². The molecule has 0 saturated heterocycles. The summed E-state index contributed by atoms with van der Waals surface area (Å²) < 4.78 is 0. The smallest absolute Gasteiger partial charge is 0.237 e. The van der Waals surface area contributed by atoms with Crippen molar-refractivity contribution in [2.45, 2.75) is 71.1 Å². The molecule has 0 bridgehead atoms. The zero-order chi connectivity index (χ0) is 16.0. The molecule has 0 aliphatic rings. The lowest BCUT2D eigenvalue weighted by molar-refractivity contribution is -0.116. The number of carbonyl (C=O) groups excluding carboxylic acids is 2. The van der Waals surface area contributed by atoms with Crippen LogP contribution >= 0.6 is 0 Å². The van der Waals surface area contributed by atoms with Crippen LogP contribution in [0.4, 0.5) is 5.82 Å². The van der Waals surface area contributed by atoms with Gasteiger partial charge < -0.3 is 5.32 Å². The number of carbonyl (C=O) groups is 1. The fraction of sp³-hybridized carbons (Fsp3) is 0.611. The van der Waals surface area contributed by atoms with E-state index in [1.54, 1.807) is 24.6 Å². The van der Waals surface area contributed by atoms with E-state index in [-0.39, 0.29) is 5.91 Å². The molecule has 0 aliphatic carbocycles. The maximum absolute atomic E-state index is 11.8. The average Bonchev–Trinajstić information content (AvgIpc) is 2.54. The van der Waals surface area contributed by atoms with Gasteiger partial charge in [0.2, 0.25) is 12.2 Å². The molecule has 0 aliphatic heterocycles. The molecular weight excluding hydrogens is 276 g/mol. The van der Waals surface area contributed by atoms with Crippen molar-refractivity contribution in [3.05, 3.63) is 23.9 Å². The Labute approximate surface area is 133 Å². The fourth-order valence-electron chi connectivity index (χ4n) is 2.38. The molecule has 1 rings (SSSR count). The number of aromatic nitrogens is 1. The van der Waals surface area contributed by atoms with Crippen LogP contribution in [-0.4, -0.2) is 17.2 Å². The highest BCUT2D eigenvalue weighted by Crippen LogP contribution is 2.12. The Morgan fingerprint density at radius 1 is 1.09 bits per heavy atom. The Balaban J connectivity index is 2.07. The van der Waals surface area contributed by atoms with Crippen molar-refractivity contribution in [2.24, 2.45) is 0 Å². The first-order valence-electron chi connectivity index (χ1n) is 8.41. The first-order chi connectivity index (χ1) is 10.8. The van der Waals surface area contributed by atoms with Gasteiger partial charge in [0.25, 0.3) is 0 Å². The van der Waals surface area contributed by atoms with Crippen molar-refractivity contribution in [2.75, 3.05) is 5.32 Å². The Hall–Kier alpha value is -1.71. The Kier molecular flexibility index (Phi) is 9.92. The lowest BCUT2D eigenvalue weighted by Crippen LogP contribution is -2.13. The summed E-state index contributed by atoms with van der Waals surface area (Å²) in [7, 11) is 0. The first kappa shape index (κ1) is 18.3. The lowest BCUT2D eigenvalue weighted by Gasteiger charge is -2.06. The Bertz CT molecular complexity index is 446. The summed E-state index contributed by atoms with van der Waals surface area (Å²) in [5, 5.41) is 2.67. The number of hydrogen-bond donors (Lipinski definition) is 1. The second-order valence-corrected chi connectivity index (χ2v) is 5.63. The van der Waals surface area contributed by atoms with Crippen LogP contribution in [0.3, 0.4) is 0 Å². The minimum atomic E-state index is -0.0851. The Morgan fingerprint density at radius 3 is 2.36 bits per heavy atom. The predicted molar refractivity (Wildman–Crippen MR) is 89.5 cm³/mol. The van der Waals surface area contributed by atoms with Gasteiger partial charge in [0.15, 0.2) is 0 Å². The first-order valence-corrected chi connectivity index (χ1v) is 8.41. The minimum Gasteiger partial charge on any atom is -0.310 e. The average molecular weight is 303 g/mol. The minimum absolute atomic E-state index is 0.0851. The third-order valence-corrected chi connectivity index (χ3v) is 3.68. The topological polar surface area (TPSA) is 59.1 Å². The van der Waals surface area contributed by atoms with Crippen LogP contribution in [0.1, 0.15) is 76.7 Å². The molecule has 1 aromatic heterocycles. The zero-order valence-corrected chi connectivity index (χ0v) is 13.6. The molecule has 1 heterocycles. The van der Waals surface area contributed by atoms with E-state index in [0.29, 0.717) is 17.8 Å². The third-order valence-electron chi connectivity index (χ3n) is 3.68. The maximum atomic E-state index is 11.8. The van der Waals surface area contributed by atoms with Crippen molar-refractivity contribution in [3.63, 3.8) is 0 Å². The molecule has 1 amide bonds. The molecule has 0 fully saturated rings. The molecule has 4 nitrogen and oxygen atoms in total. The summed E-state index contributed by atoms with van der Waals surface area (Å²) in [5.74, 6) is 0.219. The van der Waals surface area contributed by atoms with Gasteiger partial charge in [-0.05, 0) is 18.6 Å². The van der Waals surface area contributed by atoms with E-state index in [0.717, 1.165) is 12.8 Å². The summed E-state index contributed by atoms with van der Waals surface area (Å²) in [4.78, 5) is 26.5. The van der Waals surface area contributed by atoms with Gasteiger partial charge in [-0.3, -0.25) is 9.59 Å². The molecule has 4 heteroatoms. The van der Waals surface area contributed by atoms with Gasteiger partial charge in [-0.2, -0.15) is 0 Å². The fourth-order valence-corrected chi connectivity index (χ4v) is 2.38. The van der Waals surface area contributed by atoms with Crippen LogP contribution in [-0.2, 0) is 9.59 Å². The maximum Gasteiger partial charge on any atom is 0.237 e. The van der Waals surface area contributed by atoms with Gasteiger partial charge in [-0.1, -0.05) is 58.3 Å². The van der Waals surface area contributed by atoms with Crippen molar-refractivity contribution in [3.8, 4) is 0 Å². The molecular formula is C18H27N2O2. The molecule has 22 heavy (non-hydrogen) atoms. The van der Waals surface area contributed by atoms with Crippen LogP contribution in [0.2, 0.25) is 0 Å². The van der Waals surface area contributed by atoms with E-state index in [9.17, 15) is 9.59 Å². The van der Waals surface area contributed by atoms with Gasteiger partial charge in [0, 0.05) is 12.6 Å². The van der Waals surface area contributed by atoms with E-state index in [4.69, 9.17) is 0 Å². The quantitative estimate of drug-likeness (QED) is 0.582. The highest BCUT2D eigenvalue weighted by Gasteiger charge is 2.07. The van der Waals surface area contributed by atoms with E-state index in [1.807, 2.05) is 0 Å². The number of hydrogen-bond acceptors (Lipinski definition) is 3. The number of nitrogens with one attached hydrogen (secondary N) is 1. The van der Waals surface area contributed by atoms with Crippen LogP contribution in [0.5, 0.6) is 0 Å². The summed E-state index contributed by atoms with van der Waals surface area (Å²) in [6.07, 6.45) is 14.8. The monoisotopic (exact) mass is 303 g/mol. The summed E-state index contributed by atoms with van der Waals surface area (Å²) >= 11 is 0. The molecule has 1 radical (unpaired) electrons. The SMILES string of the molecule is CCCCCCCCCCCC(=O)Nc1ncccc1[C]=O. The molecule has 0 spiro atoms. The van der Waals surface area contributed by atoms with Crippen molar-refractivity contribution >= 4 is 18.0 Å². The zero-order valence-electron chi connectivity index (χ0n) is 13.6. The second-order valence-electron chi connectivity index (χ2n) is 5.63. The van der Waals surface area contributed by atoms with Crippen LogP contribution in [0.25, 0.3) is 0 Å². The molecule has 0 unspecified atom stereocenters. The van der Waals surface area contributed by atoms with E-state index < -0.39 is 0 Å². The number of rotatable bonds is 12. The molecule has 1 aromatic rings. The molecule has 0 saturated carbocycles. The highest BCUT2D eigenvalue weighted by atomic mass is 16.1. The third kappa shape index (κ3) is 7.91. The Morgan fingerprint density at radius 2 is 1.73 bits per heavy atom. The second kappa shape index (κ2) is 11.9. The lowest BCUT2D eigenvalue weighted by atomic mass is 10.1. The van der Waals surface area contributed by atoms with E-state index >= 15 is 0 Å². The van der Waals surface area contributed by atoms with Gasteiger partial charge in [0.1, 0.15) is 5.82 Å². The number of amides is 1. The normalized spacial score (nSPS) is 10.4. The van der Waals surface area contributed by atoms with Gasteiger partial charge in [-0.25, -0.2) is 4.98 Å². The summed E-state index contributed by atoms with van der Waals surface area (Å²) in [6, 6.07) is 3.24. The highest BCUT2D eigenvalue weighted by molar-refractivity contribution is 5.94. The largest absolute Gasteiger partial charge is 0.310 e. The predicted octanol–water partition coefficient (Wildman–Crippen LogP) is 4.40. The van der Waals surface area contributed by atoms with Crippen molar-refractivity contribution in [1.82, 2.24) is 4.98 Å². The van der Waals surface area contributed by atoms with Gasteiger partial charge in [-0.15, -0.1) is 0 Å². The summed E-state index contributed by atoms with van der Waals surface area (Å²) in [6.45, 7) is 2.23. The number of pyridine rings is 1. The number of unbranched alkanes of at least 4 members (excludes halogenated alkanes) is 8. The van der Waals surface area contributed by atoms with Gasteiger partial charge in [0.05, 0.1) is 5.56 Å².